The first-order valence-electron chi connectivity index (χ1n) is 8.14. The largest absolute Gasteiger partial charge is 0.493 e. The maximum Gasteiger partial charge on any atom is 0.407 e. The van der Waals surface area contributed by atoms with Gasteiger partial charge in [0.2, 0.25) is 0 Å². The summed E-state index contributed by atoms with van der Waals surface area (Å²) in [6.45, 7) is 5.93. The minimum atomic E-state index is -0.476. The van der Waals surface area contributed by atoms with E-state index in [2.05, 4.69) is 10.2 Å². The zero-order chi connectivity index (χ0) is 18.1. The second kappa shape index (κ2) is 9.85. The fraction of sp³-hybridized carbons (Fsp3) is 0.529. The van der Waals surface area contributed by atoms with E-state index >= 15 is 0 Å². The van der Waals surface area contributed by atoms with Crippen LogP contribution in [0.1, 0.15) is 12.5 Å². The van der Waals surface area contributed by atoms with Crippen molar-refractivity contribution < 1.29 is 28.5 Å². The van der Waals surface area contributed by atoms with Crippen LogP contribution in [0.25, 0.3) is 0 Å². The fourth-order valence-corrected chi connectivity index (χ4v) is 2.38. The number of nitrogens with zero attached hydrogens (tertiary/aromatic N) is 1. The Morgan fingerprint density at radius 2 is 2.00 bits per heavy atom. The van der Waals surface area contributed by atoms with Crippen LogP contribution in [0.15, 0.2) is 18.2 Å². The number of esters is 1. The van der Waals surface area contributed by atoms with Gasteiger partial charge in [-0.25, -0.2) is 4.79 Å². The standard InChI is InChI=1S/C17H24N2O6/c1-13(20)25-15-4-3-14(11-16(15)22-2)12-24-17(21)18-5-6-19-7-9-23-10-8-19/h3-4,11H,5-10,12H2,1-2H3,(H,18,21). The van der Waals surface area contributed by atoms with E-state index in [9.17, 15) is 9.59 Å². The van der Waals surface area contributed by atoms with Crippen molar-refractivity contribution in [2.24, 2.45) is 0 Å². The Hall–Kier alpha value is -2.32. The second-order valence-electron chi connectivity index (χ2n) is 5.54. The van der Waals surface area contributed by atoms with Crippen LogP contribution in [-0.4, -0.2) is 63.5 Å². The van der Waals surface area contributed by atoms with Crippen LogP contribution in [0.5, 0.6) is 11.5 Å². The summed E-state index contributed by atoms with van der Waals surface area (Å²) in [4.78, 5) is 25.0. The molecule has 1 aliphatic heterocycles. The number of ether oxygens (including phenoxy) is 4. The lowest BCUT2D eigenvalue weighted by atomic mass is 10.2. The summed E-state index contributed by atoms with van der Waals surface area (Å²) in [5, 5.41) is 2.72. The van der Waals surface area contributed by atoms with Crippen molar-refractivity contribution >= 4 is 12.1 Å². The highest BCUT2D eigenvalue weighted by Crippen LogP contribution is 2.28. The molecule has 8 heteroatoms. The highest BCUT2D eigenvalue weighted by Gasteiger charge is 2.11. The average Bonchev–Trinajstić information content (AvgIpc) is 2.61. The van der Waals surface area contributed by atoms with Gasteiger partial charge in [-0.1, -0.05) is 6.07 Å². The van der Waals surface area contributed by atoms with Gasteiger partial charge in [0.25, 0.3) is 0 Å². The molecule has 0 unspecified atom stereocenters. The number of benzene rings is 1. The van der Waals surface area contributed by atoms with E-state index in [1.807, 2.05) is 0 Å². The molecule has 1 N–H and O–H groups in total. The molecular formula is C17H24N2O6. The zero-order valence-electron chi connectivity index (χ0n) is 14.6. The van der Waals surface area contributed by atoms with Gasteiger partial charge in [-0.2, -0.15) is 0 Å². The van der Waals surface area contributed by atoms with E-state index in [0.29, 0.717) is 18.0 Å². The molecule has 0 spiro atoms. The summed E-state index contributed by atoms with van der Waals surface area (Å²) in [5.41, 5.74) is 0.732. The quantitative estimate of drug-likeness (QED) is 0.582. The molecule has 1 fully saturated rings. The molecule has 1 amide bonds. The number of hydrogen-bond donors (Lipinski definition) is 1. The third-order valence-electron chi connectivity index (χ3n) is 3.65. The van der Waals surface area contributed by atoms with Gasteiger partial charge in [-0.05, 0) is 17.7 Å². The van der Waals surface area contributed by atoms with Gasteiger partial charge >= 0.3 is 12.1 Å². The summed E-state index contributed by atoms with van der Waals surface area (Å²) in [7, 11) is 1.48. The summed E-state index contributed by atoms with van der Waals surface area (Å²) in [6, 6.07) is 4.98. The third-order valence-corrected chi connectivity index (χ3v) is 3.65. The van der Waals surface area contributed by atoms with Gasteiger partial charge in [-0.15, -0.1) is 0 Å². The molecule has 0 bridgehead atoms. The second-order valence-corrected chi connectivity index (χ2v) is 5.54. The van der Waals surface area contributed by atoms with Gasteiger partial charge in [0.1, 0.15) is 6.61 Å². The molecule has 1 aliphatic rings. The number of hydrogen-bond acceptors (Lipinski definition) is 7. The highest BCUT2D eigenvalue weighted by molar-refractivity contribution is 5.70. The van der Waals surface area contributed by atoms with Crippen LogP contribution in [0.2, 0.25) is 0 Å². The minimum Gasteiger partial charge on any atom is -0.493 e. The maximum absolute atomic E-state index is 11.7. The smallest absolute Gasteiger partial charge is 0.407 e. The Kier molecular flexibility index (Phi) is 7.49. The molecule has 0 aliphatic carbocycles. The SMILES string of the molecule is COc1cc(COC(=O)NCCN2CCOCC2)ccc1OC(C)=O. The zero-order valence-corrected chi connectivity index (χ0v) is 14.6. The van der Waals surface area contributed by atoms with Crippen LogP contribution in [0.3, 0.4) is 0 Å². The van der Waals surface area contributed by atoms with Crippen LogP contribution in [0, 0.1) is 0 Å². The van der Waals surface area contributed by atoms with Crippen molar-refractivity contribution in [1.82, 2.24) is 10.2 Å². The topological polar surface area (TPSA) is 86.3 Å². The minimum absolute atomic E-state index is 0.0973. The van der Waals surface area contributed by atoms with Crippen molar-refractivity contribution in [2.75, 3.05) is 46.5 Å². The lowest BCUT2D eigenvalue weighted by Gasteiger charge is -2.26. The van der Waals surface area contributed by atoms with E-state index in [-0.39, 0.29) is 6.61 Å². The Bertz CT molecular complexity index is 587. The molecule has 25 heavy (non-hydrogen) atoms. The Morgan fingerprint density at radius 1 is 1.24 bits per heavy atom. The monoisotopic (exact) mass is 352 g/mol. The molecule has 2 rings (SSSR count). The molecule has 8 nitrogen and oxygen atoms in total. The molecular weight excluding hydrogens is 328 g/mol. The predicted molar refractivity (Wildman–Crippen MR) is 89.7 cm³/mol. The summed E-state index contributed by atoms with van der Waals surface area (Å²) in [6.07, 6.45) is -0.476. The lowest BCUT2D eigenvalue weighted by molar-refractivity contribution is -0.132. The van der Waals surface area contributed by atoms with Gasteiger partial charge in [0, 0.05) is 33.1 Å². The van der Waals surface area contributed by atoms with Gasteiger partial charge in [-0.3, -0.25) is 9.69 Å². The van der Waals surface area contributed by atoms with E-state index in [0.717, 1.165) is 38.4 Å². The number of alkyl carbamates (subject to hydrolysis) is 1. The predicted octanol–water partition coefficient (Wildman–Crippen LogP) is 1.18. The maximum atomic E-state index is 11.7. The molecule has 0 atom stereocenters. The number of carbonyl (C=O) groups excluding carboxylic acids is 2. The van der Waals surface area contributed by atoms with Gasteiger partial charge in [0.15, 0.2) is 11.5 Å². The van der Waals surface area contributed by atoms with Crippen molar-refractivity contribution in [1.29, 1.82) is 0 Å². The number of morpholine rings is 1. The van der Waals surface area contributed by atoms with E-state index in [1.54, 1.807) is 18.2 Å². The third kappa shape index (κ3) is 6.60. The summed E-state index contributed by atoms with van der Waals surface area (Å²) < 4.78 is 20.7. The summed E-state index contributed by atoms with van der Waals surface area (Å²) >= 11 is 0. The van der Waals surface area contributed by atoms with Crippen LogP contribution in [-0.2, 0) is 20.9 Å². The van der Waals surface area contributed by atoms with Gasteiger partial charge < -0.3 is 24.3 Å². The summed E-state index contributed by atoms with van der Waals surface area (Å²) in [5.74, 6) is 0.305. The number of carbonyl (C=O) groups is 2. The molecule has 138 valence electrons. The Morgan fingerprint density at radius 3 is 2.68 bits per heavy atom. The van der Waals surface area contributed by atoms with Crippen molar-refractivity contribution in [3.8, 4) is 11.5 Å². The van der Waals surface area contributed by atoms with E-state index in [1.165, 1.54) is 14.0 Å². The van der Waals surface area contributed by atoms with E-state index < -0.39 is 12.1 Å². The first kappa shape index (κ1) is 19.0. The van der Waals surface area contributed by atoms with Gasteiger partial charge in [0.05, 0.1) is 20.3 Å². The number of methoxy groups -OCH3 is 1. The first-order valence-corrected chi connectivity index (χ1v) is 8.14. The average molecular weight is 352 g/mol. The van der Waals surface area contributed by atoms with Crippen molar-refractivity contribution in [3.05, 3.63) is 23.8 Å². The molecule has 1 saturated heterocycles. The Labute approximate surface area is 147 Å². The normalized spacial score (nSPS) is 14.6. The molecule has 1 heterocycles. The molecule has 0 saturated carbocycles. The molecule has 1 aromatic carbocycles. The van der Waals surface area contributed by atoms with Crippen molar-refractivity contribution in [2.45, 2.75) is 13.5 Å². The number of rotatable bonds is 7. The Balaban J connectivity index is 1.74. The number of amides is 1. The van der Waals surface area contributed by atoms with E-state index in [4.69, 9.17) is 18.9 Å². The number of nitrogens with one attached hydrogen (secondary N) is 1. The lowest BCUT2D eigenvalue weighted by Crippen LogP contribution is -2.41. The molecule has 1 aromatic rings. The fourth-order valence-electron chi connectivity index (χ4n) is 2.38. The van der Waals surface area contributed by atoms with Crippen LogP contribution < -0.4 is 14.8 Å². The molecule has 0 aromatic heterocycles. The van der Waals surface area contributed by atoms with Crippen LogP contribution >= 0.6 is 0 Å². The molecule has 0 radical (unpaired) electrons. The van der Waals surface area contributed by atoms with Crippen LogP contribution in [0.4, 0.5) is 4.79 Å². The van der Waals surface area contributed by atoms with Crippen molar-refractivity contribution in [3.63, 3.8) is 0 Å². The highest BCUT2D eigenvalue weighted by atomic mass is 16.6. The first-order chi connectivity index (χ1) is 12.1.